The molecule has 1 aliphatic heterocycles. The molecule has 9 nitrogen and oxygen atoms in total. The molecule has 4 aromatic rings. The molecule has 2 aromatic carbocycles. The zero-order valence-corrected chi connectivity index (χ0v) is 20.9. The topological polar surface area (TPSA) is 102 Å². The van der Waals surface area contributed by atoms with Gasteiger partial charge in [0.15, 0.2) is 5.82 Å². The molecule has 0 aliphatic carbocycles. The first-order valence-corrected chi connectivity index (χ1v) is 13.6. The summed E-state index contributed by atoms with van der Waals surface area (Å²) in [6, 6.07) is 12.8. The highest BCUT2D eigenvalue weighted by atomic mass is 32.2. The summed E-state index contributed by atoms with van der Waals surface area (Å²) in [6.45, 7) is 5.67. The average Bonchev–Trinajstić information content (AvgIpc) is 3.08. The number of nitrogens with one attached hydrogen (secondary N) is 1. The van der Waals surface area contributed by atoms with Crippen LogP contribution in [0.15, 0.2) is 52.2 Å². The second kappa shape index (κ2) is 9.43. The molecule has 0 amide bonds. The summed E-state index contributed by atoms with van der Waals surface area (Å²) >= 11 is 0. The number of aryl methyl sites for hydroxylation is 2. The van der Waals surface area contributed by atoms with Gasteiger partial charge in [-0.1, -0.05) is 31.0 Å². The standard InChI is InChI=1S/C25H30N6O3S/c1-3-30-24(32)20-10-6-7-11-21(20)31-23(27-28-25(30)31)17-26-19-13-12-18(2)22(16-19)35(33,34)29-14-8-4-5-9-15-29/h6-7,10-13,16,26H,3-5,8-9,14-15,17H2,1-2H3. The fourth-order valence-corrected chi connectivity index (χ4v) is 6.57. The Bertz CT molecular complexity index is 1550. The van der Waals surface area contributed by atoms with Gasteiger partial charge in [0.05, 0.1) is 22.3 Å². The quantitative estimate of drug-likeness (QED) is 0.440. The van der Waals surface area contributed by atoms with E-state index in [0.29, 0.717) is 53.8 Å². The number of hydrogen-bond donors (Lipinski definition) is 1. The molecule has 2 aromatic heterocycles. The molecule has 10 heteroatoms. The summed E-state index contributed by atoms with van der Waals surface area (Å²) in [7, 11) is -3.57. The van der Waals surface area contributed by atoms with Crippen molar-refractivity contribution in [3.05, 3.63) is 64.2 Å². The van der Waals surface area contributed by atoms with Crippen LogP contribution in [0.1, 0.15) is 44.0 Å². The van der Waals surface area contributed by atoms with Crippen LogP contribution in [0.4, 0.5) is 5.69 Å². The van der Waals surface area contributed by atoms with Crippen LogP contribution in [0.25, 0.3) is 16.7 Å². The molecule has 1 fully saturated rings. The van der Waals surface area contributed by atoms with Gasteiger partial charge in [0.1, 0.15) is 0 Å². The van der Waals surface area contributed by atoms with Crippen molar-refractivity contribution in [3.63, 3.8) is 0 Å². The Kier molecular flexibility index (Phi) is 6.33. The van der Waals surface area contributed by atoms with Crippen molar-refractivity contribution < 1.29 is 8.42 Å². The largest absolute Gasteiger partial charge is 0.378 e. The monoisotopic (exact) mass is 494 g/mol. The maximum absolute atomic E-state index is 13.4. The Morgan fingerprint density at radius 2 is 1.74 bits per heavy atom. The molecule has 1 saturated heterocycles. The average molecular weight is 495 g/mol. The maximum atomic E-state index is 13.4. The number of para-hydroxylation sites is 1. The van der Waals surface area contributed by atoms with Gasteiger partial charge in [-0.3, -0.25) is 13.8 Å². The molecule has 1 aliphatic rings. The van der Waals surface area contributed by atoms with Crippen molar-refractivity contribution in [2.24, 2.45) is 0 Å². The predicted octanol–water partition coefficient (Wildman–Crippen LogP) is 3.55. The third-order valence-electron chi connectivity index (χ3n) is 6.71. The molecule has 0 radical (unpaired) electrons. The number of nitrogens with zero attached hydrogens (tertiary/aromatic N) is 5. The molecular formula is C25H30N6O3S. The van der Waals surface area contributed by atoms with Crippen molar-refractivity contribution in [1.29, 1.82) is 0 Å². The van der Waals surface area contributed by atoms with E-state index in [9.17, 15) is 13.2 Å². The fraction of sp³-hybridized carbons (Fsp3) is 0.400. The normalized spacial score (nSPS) is 15.5. The number of hydrogen-bond acceptors (Lipinski definition) is 6. The Labute approximate surface area is 204 Å². The number of aromatic nitrogens is 4. The van der Waals surface area contributed by atoms with E-state index in [1.165, 1.54) is 0 Å². The first kappa shape index (κ1) is 23.5. The highest BCUT2D eigenvalue weighted by molar-refractivity contribution is 7.89. The van der Waals surface area contributed by atoms with E-state index >= 15 is 0 Å². The van der Waals surface area contributed by atoms with Crippen molar-refractivity contribution in [2.75, 3.05) is 18.4 Å². The summed E-state index contributed by atoms with van der Waals surface area (Å²) < 4.78 is 31.9. The second-order valence-electron chi connectivity index (χ2n) is 8.97. The maximum Gasteiger partial charge on any atom is 0.262 e. The molecular weight excluding hydrogens is 464 g/mol. The number of rotatable bonds is 6. The third-order valence-corrected chi connectivity index (χ3v) is 8.75. The highest BCUT2D eigenvalue weighted by Gasteiger charge is 2.27. The Morgan fingerprint density at radius 3 is 2.49 bits per heavy atom. The van der Waals surface area contributed by atoms with Gasteiger partial charge in [-0.05, 0) is 56.5 Å². The van der Waals surface area contributed by atoms with E-state index in [2.05, 4.69) is 15.5 Å². The molecule has 0 unspecified atom stereocenters. The van der Waals surface area contributed by atoms with Gasteiger partial charge in [0.25, 0.3) is 5.56 Å². The van der Waals surface area contributed by atoms with Gasteiger partial charge in [-0.25, -0.2) is 8.42 Å². The van der Waals surface area contributed by atoms with Crippen LogP contribution in [-0.4, -0.2) is 45.0 Å². The van der Waals surface area contributed by atoms with Crippen molar-refractivity contribution in [1.82, 2.24) is 23.5 Å². The molecule has 184 valence electrons. The van der Waals surface area contributed by atoms with Gasteiger partial charge in [0, 0.05) is 25.3 Å². The third kappa shape index (κ3) is 4.21. The van der Waals surface area contributed by atoms with Crippen LogP contribution >= 0.6 is 0 Å². The van der Waals surface area contributed by atoms with Gasteiger partial charge >= 0.3 is 0 Å². The van der Waals surface area contributed by atoms with Crippen molar-refractivity contribution in [2.45, 2.75) is 57.5 Å². The lowest BCUT2D eigenvalue weighted by molar-refractivity contribution is 0.423. The van der Waals surface area contributed by atoms with E-state index < -0.39 is 10.0 Å². The minimum atomic E-state index is -3.57. The number of benzene rings is 2. The van der Waals surface area contributed by atoms with Crippen LogP contribution < -0.4 is 10.9 Å². The van der Waals surface area contributed by atoms with E-state index in [0.717, 1.165) is 36.8 Å². The summed E-state index contributed by atoms with van der Waals surface area (Å²) in [5.74, 6) is 1.12. The summed E-state index contributed by atoms with van der Waals surface area (Å²) in [4.78, 5) is 13.2. The SMILES string of the molecule is CCn1c(=O)c2ccccc2n2c(CNc3ccc(C)c(S(=O)(=O)N4CCCCCC4)c3)nnc12. The lowest BCUT2D eigenvalue weighted by Gasteiger charge is -2.21. The molecule has 5 rings (SSSR count). The molecule has 0 bridgehead atoms. The minimum Gasteiger partial charge on any atom is -0.378 e. The van der Waals surface area contributed by atoms with Crippen LogP contribution in [0.3, 0.4) is 0 Å². The number of fused-ring (bicyclic) bond motifs is 3. The van der Waals surface area contributed by atoms with Crippen LogP contribution in [0.2, 0.25) is 0 Å². The predicted molar refractivity (Wildman–Crippen MR) is 136 cm³/mol. The molecule has 1 N–H and O–H groups in total. The van der Waals surface area contributed by atoms with Crippen LogP contribution in [0, 0.1) is 6.92 Å². The highest BCUT2D eigenvalue weighted by Crippen LogP contribution is 2.26. The molecule has 0 saturated carbocycles. The smallest absolute Gasteiger partial charge is 0.262 e. The molecule has 0 spiro atoms. The Balaban J connectivity index is 1.48. The van der Waals surface area contributed by atoms with E-state index in [1.807, 2.05) is 48.6 Å². The van der Waals surface area contributed by atoms with E-state index in [1.54, 1.807) is 21.0 Å². The fourth-order valence-electron chi connectivity index (χ4n) is 4.80. The minimum absolute atomic E-state index is 0.0931. The van der Waals surface area contributed by atoms with Gasteiger partial charge in [-0.15, -0.1) is 10.2 Å². The zero-order chi connectivity index (χ0) is 24.6. The van der Waals surface area contributed by atoms with Crippen molar-refractivity contribution in [3.8, 4) is 0 Å². The lowest BCUT2D eigenvalue weighted by atomic mass is 10.2. The molecule has 3 heterocycles. The Morgan fingerprint density at radius 1 is 1.00 bits per heavy atom. The van der Waals surface area contributed by atoms with Crippen LogP contribution in [-0.2, 0) is 23.1 Å². The summed E-state index contributed by atoms with van der Waals surface area (Å²) in [6.07, 6.45) is 3.93. The van der Waals surface area contributed by atoms with Gasteiger partial charge in [-0.2, -0.15) is 4.31 Å². The number of anilines is 1. The van der Waals surface area contributed by atoms with E-state index in [-0.39, 0.29) is 5.56 Å². The molecule has 0 atom stereocenters. The Hall–Kier alpha value is -3.24. The van der Waals surface area contributed by atoms with Gasteiger partial charge < -0.3 is 5.32 Å². The first-order valence-electron chi connectivity index (χ1n) is 12.1. The van der Waals surface area contributed by atoms with Crippen LogP contribution in [0.5, 0.6) is 0 Å². The van der Waals surface area contributed by atoms with Gasteiger partial charge in [0.2, 0.25) is 15.8 Å². The zero-order valence-electron chi connectivity index (χ0n) is 20.1. The number of sulfonamides is 1. The second-order valence-corrected chi connectivity index (χ2v) is 10.9. The van der Waals surface area contributed by atoms with E-state index in [4.69, 9.17) is 0 Å². The first-order chi connectivity index (χ1) is 16.9. The lowest BCUT2D eigenvalue weighted by Crippen LogP contribution is -2.32. The van der Waals surface area contributed by atoms with Crippen molar-refractivity contribution >= 4 is 32.4 Å². The molecule has 35 heavy (non-hydrogen) atoms. The summed E-state index contributed by atoms with van der Waals surface area (Å²) in [5, 5.41) is 12.6. The summed E-state index contributed by atoms with van der Waals surface area (Å²) in [5.41, 5.74) is 2.07.